The molecule has 3 rings (SSSR count). The number of fused-ring (bicyclic) bond motifs is 1. The Bertz CT molecular complexity index is 890. The molecule has 0 bridgehead atoms. The van der Waals surface area contributed by atoms with Crippen LogP contribution in [0.3, 0.4) is 0 Å². The molecule has 1 aliphatic rings. The fraction of sp³-hybridized carbons (Fsp3) is 0.458. The molecule has 0 spiro atoms. The van der Waals surface area contributed by atoms with Gasteiger partial charge in [0.2, 0.25) is 0 Å². The van der Waals surface area contributed by atoms with Crippen molar-refractivity contribution >= 4 is 17.3 Å². The Morgan fingerprint density at radius 3 is 2.39 bits per heavy atom. The lowest BCUT2D eigenvalue weighted by Gasteiger charge is -2.39. The molecule has 168 valence electrons. The number of thiocarbonyl (C=S) groups is 1. The number of nitrogens with zero attached hydrogens (tertiary/aromatic N) is 1. The van der Waals surface area contributed by atoms with Crippen LogP contribution in [0.25, 0.3) is 0 Å². The van der Waals surface area contributed by atoms with Crippen LogP contribution in [0.2, 0.25) is 0 Å². The van der Waals surface area contributed by atoms with Crippen molar-refractivity contribution in [3.05, 3.63) is 47.5 Å². The van der Waals surface area contributed by atoms with Crippen LogP contribution in [0.4, 0.5) is 0 Å². The quantitative estimate of drug-likeness (QED) is 0.455. The molecule has 2 aromatic carbocycles. The molecule has 2 aromatic rings. The number of unbranched alkanes of at least 4 members (excludes halogenated alkanes) is 1. The summed E-state index contributed by atoms with van der Waals surface area (Å²) in [5.41, 5.74) is 2.36. The van der Waals surface area contributed by atoms with Crippen molar-refractivity contribution in [3.8, 4) is 23.0 Å². The zero-order valence-electron chi connectivity index (χ0n) is 18.8. The van der Waals surface area contributed by atoms with Gasteiger partial charge in [0, 0.05) is 13.1 Å². The lowest BCUT2D eigenvalue weighted by Crippen LogP contribution is -2.47. The average Bonchev–Trinajstić information content (AvgIpc) is 2.81. The second-order valence-electron chi connectivity index (χ2n) is 7.41. The van der Waals surface area contributed by atoms with Crippen molar-refractivity contribution in [2.75, 3.05) is 41.0 Å². The summed E-state index contributed by atoms with van der Waals surface area (Å²) >= 11 is 5.76. The van der Waals surface area contributed by atoms with E-state index in [-0.39, 0.29) is 6.04 Å². The first-order valence-electron chi connectivity index (χ1n) is 10.7. The molecule has 0 aliphatic carbocycles. The minimum Gasteiger partial charge on any atom is -0.493 e. The van der Waals surface area contributed by atoms with Crippen molar-refractivity contribution in [3.63, 3.8) is 0 Å². The Morgan fingerprint density at radius 1 is 1.03 bits per heavy atom. The lowest BCUT2D eigenvalue weighted by atomic mass is 9.92. The molecule has 0 unspecified atom stereocenters. The van der Waals surface area contributed by atoms with E-state index in [2.05, 4.69) is 23.2 Å². The van der Waals surface area contributed by atoms with Gasteiger partial charge in [0.05, 0.1) is 27.4 Å². The third-order valence-corrected chi connectivity index (χ3v) is 5.91. The molecule has 0 saturated carbocycles. The van der Waals surface area contributed by atoms with E-state index in [1.54, 1.807) is 21.3 Å². The minimum absolute atomic E-state index is 0.0601. The van der Waals surface area contributed by atoms with E-state index in [4.69, 9.17) is 31.2 Å². The SMILES string of the molecule is CCCCNC(=S)N1CCc2cc(OC)c(OC)cc2[C@H]1COc1ccccc1OC. The molecule has 31 heavy (non-hydrogen) atoms. The zero-order chi connectivity index (χ0) is 22.2. The first-order chi connectivity index (χ1) is 15.1. The molecule has 0 aromatic heterocycles. The molecule has 1 heterocycles. The molecule has 0 radical (unpaired) electrons. The van der Waals surface area contributed by atoms with Crippen LogP contribution in [0.5, 0.6) is 23.0 Å². The topological polar surface area (TPSA) is 52.2 Å². The zero-order valence-corrected chi connectivity index (χ0v) is 19.6. The van der Waals surface area contributed by atoms with Gasteiger partial charge in [0.15, 0.2) is 28.1 Å². The molecule has 6 nitrogen and oxygen atoms in total. The van der Waals surface area contributed by atoms with Crippen LogP contribution in [0.1, 0.15) is 36.9 Å². The highest BCUT2D eigenvalue weighted by Gasteiger charge is 2.31. The summed E-state index contributed by atoms with van der Waals surface area (Å²) < 4.78 is 22.8. The van der Waals surface area contributed by atoms with Gasteiger partial charge in [-0.3, -0.25) is 0 Å². The fourth-order valence-corrected chi connectivity index (χ4v) is 4.15. The first kappa shape index (κ1) is 23.0. The number of hydrogen-bond acceptors (Lipinski definition) is 5. The highest BCUT2D eigenvalue weighted by atomic mass is 32.1. The summed E-state index contributed by atoms with van der Waals surface area (Å²) in [7, 11) is 4.96. The molecule has 0 saturated heterocycles. The van der Waals surface area contributed by atoms with E-state index >= 15 is 0 Å². The van der Waals surface area contributed by atoms with Crippen LogP contribution in [-0.4, -0.2) is 51.0 Å². The van der Waals surface area contributed by atoms with Crippen molar-refractivity contribution in [2.24, 2.45) is 0 Å². The van der Waals surface area contributed by atoms with Crippen LogP contribution < -0.4 is 24.3 Å². The van der Waals surface area contributed by atoms with Gasteiger partial charge in [-0.15, -0.1) is 0 Å². The maximum Gasteiger partial charge on any atom is 0.169 e. The summed E-state index contributed by atoms with van der Waals surface area (Å²) in [6, 6.07) is 11.7. The molecule has 0 amide bonds. The maximum absolute atomic E-state index is 6.23. The predicted molar refractivity (Wildman–Crippen MR) is 127 cm³/mol. The Kier molecular flexibility index (Phi) is 8.23. The molecule has 1 aliphatic heterocycles. The molecule has 0 fully saturated rings. The molecule has 1 atom stereocenters. The number of ether oxygens (including phenoxy) is 4. The Balaban J connectivity index is 1.91. The molecular formula is C24H32N2O4S. The monoisotopic (exact) mass is 444 g/mol. The van der Waals surface area contributed by atoms with Gasteiger partial charge < -0.3 is 29.2 Å². The van der Waals surface area contributed by atoms with Gasteiger partial charge in [-0.05, 0) is 60.5 Å². The van der Waals surface area contributed by atoms with Crippen molar-refractivity contribution in [1.82, 2.24) is 10.2 Å². The first-order valence-corrected chi connectivity index (χ1v) is 11.1. The normalized spacial score (nSPS) is 15.1. The number of para-hydroxylation sites is 2. The minimum atomic E-state index is -0.0601. The highest BCUT2D eigenvalue weighted by molar-refractivity contribution is 7.80. The van der Waals surface area contributed by atoms with E-state index in [0.717, 1.165) is 48.8 Å². The Labute approximate surface area is 190 Å². The largest absolute Gasteiger partial charge is 0.493 e. The Morgan fingerprint density at radius 2 is 1.71 bits per heavy atom. The predicted octanol–water partition coefficient (Wildman–Crippen LogP) is 4.37. The van der Waals surface area contributed by atoms with Crippen molar-refractivity contribution in [1.29, 1.82) is 0 Å². The maximum atomic E-state index is 6.23. The summed E-state index contributed by atoms with van der Waals surface area (Å²) in [6.45, 7) is 4.27. The number of methoxy groups -OCH3 is 3. The molecule has 7 heteroatoms. The average molecular weight is 445 g/mol. The fourth-order valence-electron chi connectivity index (χ4n) is 3.83. The lowest BCUT2D eigenvalue weighted by molar-refractivity contribution is 0.182. The van der Waals surface area contributed by atoms with Crippen molar-refractivity contribution in [2.45, 2.75) is 32.2 Å². The number of hydrogen-bond donors (Lipinski definition) is 1. The number of nitrogens with one attached hydrogen (secondary N) is 1. The summed E-state index contributed by atoms with van der Waals surface area (Å²) in [5.74, 6) is 2.86. The van der Waals surface area contributed by atoms with Gasteiger partial charge in [-0.2, -0.15) is 0 Å². The third kappa shape index (κ3) is 5.34. The van der Waals surface area contributed by atoms with Crippen LogP contribution in [0, 0.1) is 0 Å². The van der Waals surface area contributed by atoms with Gasteiger partial charge in [-0.25, -0.2) is 0 Å². The van der Waals surface area contributed by atoms with Gasteiger partial charge in [0.1, 0.15) is 6.61 Å². The second kappa shape index (κ2) is 11.1. The third-order valence-electron chi connectivity index (χ3n) is 5.54. The van der Waals surface area contributed by atoms with Crippen LogP contribution >= 0.6 is 12.2 Å². The van der Waals surface area contributed by atoms with E-state index in [9.17, 15) is 0 Å². The van der Waals surface area contributed by atoms with E-state index < -0.39 is 0 Å². The van der Waals surface area contributed by atoms with E-state index in [0.29, 0.717) is 23.9 Å². The number of rotatable bonds is 9. The second-order valence-corrected chi connectivity index (χ2v) is 7.80. The van der Waals surface area contributed by atoms with Crippen molar-refractivity contribution < 1.29 is 18.9 Å². The summed E-state index contributed by atoms with van der Waals surface area (Å²) in [5, 5.41) is 4.16. The molecular weight excluding hydrogens is 412 g/mol. The summed E-state index contributed by atoms with van der Waals surface area (Å²) in [6.07, 6.45) is 3.07. The van der Waals surface area contributed by atoms with Gasteiger partial charge >= 0.3 is 0 Å². The van der Waals surface area contributed by atoms with Gasteiger partial charge in [0.25, 0.3) is 0 Å². The smallest absolute Gasteiger partial charge is 0.169 e. The van der Waals surface area contributed by atoms with E-state index in [1.165, 1.54) is 5.56 Å². The van der Waals surface area contributed by atoms with Crippen LogP contribution in [-0.2, 0) is 6.42 Å². The Hall–Kier alpha value is -2.67. The highest BCUT2D eigenvalue weighted by Crippen LogP contribution is 2.39. The summed E-state index contributed by atoms with van der Waals surface area (Å²) in [4.78, 5) is 2.22. The standard InChI is InChI=1S/C24H32N2O4S/c1-5-6-12-25-24(31)26-13-11-17-14-22(28-3)23(29-4)15-18(17)19(26)16-30-21-10-8-7-9-20(21)27-2/h7-10,14-15,19H,5-6,11-13,16H2,1-4H3,(H,25,31)/t19-/m1/s1. The van der Waals surface area contributed by atoms with E-state index in [1.807, 2.05) is 30.3 Å². The van der Waals surface area contributed by atoms with Gasteiger partial charge in [-0.1, -0.05) is 25.5 Å². The number of benzene rings is 2. The molecule has 1 N–H and O–H groups in total. The van der Waals surface area contributed by atoms with Crippen LogP contribution in [0.15, 0.2) is 36.4 Å².